The molecule has 1 aromatic carbocycles. The number of methoxy groups -OCH3 is 1. The first-order chi connectivity index (χ1) is 20.1. The second-order valence-electron chi connectivity index (χ2n) is 11.6. The van der Waals surface area contributed by atoms with Crippen LogP contribution in [-0.2, 0) is 16.0 Å². The van der Waals surface area contributed by atoms with Gasteiger partial charge in [-0.05, 0) is 59.6 Å². The topological polar surface area (TPSA) is 186 Å². The van der Waals surface area contributed by atoms with Crippen molar-refractivity contribution in [2.45, 2.75) is 71.5 Å². The Morgan fingerprint density at radius 1 is 1.02 bits per heavy atom. The van der Waals surface area contributed by atoms with E-state index < -0.39 is 17.5 Å². The molecule has 1 unspecified atom stereocenters. The summed E-state index contributed by atoms with van der Waals surface area (Å²) in [6.45, 7) is 9.25. The van der Waals surface area contributed by atoms with Crippen molar-refractivity contribution in [2.24, 2.45) is 0 Å². The lowest BCUT2D eigenvalue weighted by molar-refractivity contribution is -0.127. The molecular weight excluding hydrogens is 558 g/mol. The number of carbonyl (C=O) groups is 3. The van der Waals surface area contributed by atoms with E-state index in [0.29, 0.717) is 47.5 Å². The van der Waals surface area contributed by atoms with Crippen LogP contribution in [0.4, 0.5) is 10.6 Å². The summed E-state index contributed by atoms with van der Waals surface area (Å²) in [6.07, 6.45) is 3.18. The zero-order valence-corrected chi connectivity index (χ0v) is 25.5. The van der Waals surface area contributed by atoms with E-state index in [1.807, 2.05) is 4.57 Å². The third-order valence-corrected chi connectivity index (χ3v) is 6.22. The summed E-state index contributed by atoms with van der Waals surface area (Å²) in [5, 5.41) is 16.2. The minimum Gasteiger partial charge on any atom is -0.444 e. The quantitative estimate of drug-likeness (QED) is 0.229. The van der Waals surface area contributed by atoms with Crippen LogP contribution in [-0.4, -0.2) is 102 Å². The third kappa shape index (κ3) is 9.43. The summed E-state index contributed by atoms with van der Waals surface area (Å²) in [7, 11) is 1.59. The van der Waals surface area contributed by atoms with Crippen LogP contribution < -0.4 is 5.73 Å². The van der Waals surface area contributed by atoms with E-state index in [-0.39, 0.29) is 37.6 Å². The standard InChI is InChI=1S/C26H33N7O5.C3H8O2/c1-26(2,3)38-25(36)31(11-7-12-33-23(34)18-8-5-6-9-19(18)24(33)35)14-17(37-4)10-13-32-16-30-20-21(27)28-15-29-22(20)32;1-3(2,4)5/h5-6,8-9,15-17H,7,10-14H2,1-4H3,(H2,27,28,29);4-5H,1-2H3. The van der Waals surface area contributed by atoms with Gasteiger partial charge in [-0.1, -0.05) is 12.1 Å². The maximum atomic E-state index is 13.0. The predicted molar refractivity (Wildman–Crippen MR) is 158 cm³/mol. The van der Waals surface area contributed by atoms with Gasteiger partial charge in [0, 0.05) is 26.7 Å². The number of benzene rings is 1. The van der Waals surface area contributed by atoms with Crippen LogP contribution in [0.2, 0.25) is 0 Å². The molecule has 4 rings (SSSR count). The summed E-state index contributed by atoms with van der Waals surface area (Å²) in [4.78, 5) is 53.7. The van der Waals surface area contributed by atoms with Gasteiger partial charge in [-0.15, -0.1) is 0 Å². The molecule has 14 heteroatoms. The number of anilines is 1. The van der Waals surface area contributed by atoms with Gasteiger partial charge in [-0.3, -0.25) is 14.5 Å². The van der Waals surface area contributed by atoms with Crippen LogP contribution in [0.1, 0.15) is 68.2 Å². The molecule has 3 heterocycles. The largest absolute Gasteiger partial charge is 0.444 e. The molecule has 4 N–H and O–H groups in total. The number of aryl methyl sites for hydroxylation is 1. The van der Waals surface area contributed by atoms with Gasteiger partial charge in [-0.2, -0.15) is 0 Å². The Morgan fingerprint density at radius 3 is 2.19 bits per heavy atom. The van der Waals surface area contributed by atoms with Crippen LogP contribution in [0, 0.1) is 0 Å². The Bertz CT molecular complexity index is 1390. The highest BCUT2D eigenvalue weighted by Crippen LogP contribution is 2.23. The van der Waals surface area contributed by atoms with Crippen LogP contribution in [0.5, 0.6) is 0 Å². The number of rotatable bonds is 10. The zero-order chi connectivity index (χ0) is 31.9. The second kappa shape index (κ2) is 13.9. The number of nitrogens with zero attached hydrogens (tertiary/aromatic N) is 6. The minimum atomic E-state index is -1.50. The van der Waals surface area contributed by atoms with Crippen molar-refractivity contribution in [2.75, 3.05) is 32.5 Å². The van der Waals surface area contributed by atoms with Crippen molar-refractivity contribution in [3.63, 3.8) is 0 Å². The lowest BCUT2D eigenvalue weighted by atomic mass is 10.1. The lowest BCUT2D eigenvalue weighted by Gasteiger charge is -2.30. The molecular formula is C29H41N7O7. The number of hydrogen-bond acceptors (Lipinski definition) is 11. The molecule has 1 aliphatic rings. The number of hydrogen-bond donors (Lipinski definition) is 3. The molecule has 0 aliphatic carbocycles. The summed E-state index contributed by atoms with van der Waals surface area (Å²) in [5.41, 5.74) is 7.16. The van der Waals surface area contributed by atoms with E-state index in [0.717, 1.165) is 0 Å². The highest BCUT2D eigenvalue weighted by atomic mass is 16.6. The van der Waals surface area contributed by atoms with Gasteiger partial charge in [0.05, 0.1) is 30.1 Å². The fraction of sp³-hybridized carbons (Fsp3) is 0.517. The molecule has 1 atom stereocenters. The van der Waals surface area contributed by atoms with Crippen LogP contribution >= 0.6 is 0 Å². The summed E-state index contributed by atoms with van der Waals surface area (Å²) in [5.74, 6) is -1.83. The first kappa shape index (κ1) is 33.4. The van der Waals surface area contributed by atoms with Crippen molar-refractivity contribution in [3.05, 3.63) is 48.0 Å². The lowest BCUT2D eigenvalue weighted by Crippen LogP contribution is -2.43. The molecule has 14 nitrogen and oxygen atoms in total. The highest BCUT2D eigenvalue weighted by molar-refractivity contribution is 6.21. The number of ether oxygens (including phenoxy) is 2. The van der Waals surface area contributed by atoms with Crippen LogP contribution in [0.25, 0.3) is 11.2 Å². The molecule has 0 saturated carbocycles. The van der Waals surface area contributed by atoms with Gasteiger partial charge in [0.25, 0.3) is 11.8 Å². The normalized spacial score (nSPS) is 13.9. The molecule has 1 aliphatic heterocycles. The first-order valence-electron chi connectivity index (χ1n) is 13.9. The second-order valence-corrected chi connectivity index (χ2v) is 11.6. The number of imidazole rings is 1. The molecule has 0 spiro atoms. The van der Waals surface area contributed by atoms with Crippen molar-refractivity contribution < 1.29 is 34.1 Å². The Morgan fingerprint density at radius 2 is 1.63 bits per heavy atom. The Labute approximate surface area is 250 Å². The zero-order valence-electron chi connectivity index (χ0n) is 25.5. The molecule has 3 aromatic rings. The summed E-state index contributed by atoms with van der Waals surface area (Å²) in [6, 6.07) is 6.76. The van der Waals surface area contributed by atoms with Crippen LogP contribution in [0.3, 0.4) is 0 Å². The maximum Gasteiger partial charge on any atom is 0.410 e. The molecule has 0 saturated heterocycles. The summed E-state index contributed by atoms with van der Waals surface area (Å²) < 4.78 is 13.2. The third-order valence-electron chi connectivity index (χ3n) is 6.22. The van der Waals surface area contributed by atoms with Crippen molar-refractivity contribution in [1.29, 1.82) is 0 Å². The Kier molecular flexibility index (Phi) is 10.8. The van der Waals surface area contributed by atoms with Crippen LogP contribution in [0.15, 0.2) is 36.9 Å². The summed E-state index contributed by atoms with van der Waals surface area (Å²) >= 11 is 0. The van der Waals surface area contributed by atoms with Gasteiger partial charge in [0.2, 0.25) is 0 Å². The fourth-order valence-corrected chi connectivity index (χ4v) is 4.32. The predicted octanol–water partition coefficient (Wildman–Crippen LogP) is 2.44. The van der Waals surface area contributed by atoms with E-state index in [4.69, 9.17) is 25.4 Å². The van der Waals surface area contributed by atoms with Crippen molar-refractivity contribution in [1.82, 2.24) is 29.3 Å². The average molecular weight is 600 g/mol. The van der Waals surface area contributed by atoms with E-state index in [1.165, 1.54) is 25.1 Å². The maximum absolute atomic E-state index is 13.0. The van der Waals surface area contributed by atoms with E-state index in [2.05, 4.69) is 15.0 Å². The molecule has 0 fully saturated rings. The Balaban J connectivity index is 0.000000934. The number of nitrogen functional groups attached to an aromatic ring is 1. The smallest absolute Gasteiger partial charge is 0.410 e. The van der Waals surface area contributed by atoms with Gasteiger partial charge in [-0.25, -0.2) is 19.7 Å². The number of amides is 3. The number of aromatic nitrogens is 4. The number of aliphatic hydroxyl groups is 2. The van der Waals surface area contributed by atoms with Crippen molar-refractivity contribution in [3.8, 4) is 0 Å². The van der Waals surface area contributed by atoms with Gasteiger partial charge >= 0.3 is 6.09 Å². The SMILES string of the molecule is CC(C)(O)O.COC(CCn1cnc2c(N)ncnc21)CN(CCCN1C(=O)c2ccccc2C1=O)C(=O)OC(C)(C)C. The number of carbonyl (C=O) groups excluding carboxylic acids is 3. The molecule has 0 radical (unpaired) electrons. The Hall–Kier alpha value is -4.14. The van der Waals surface area contributed by atoms with Gasteiger partial charge < -0.3 is 34.9 Å². The number of fused-ring (bicyclic) bond motifs is 2. The number of imide groups is 1. The van der Waals surface area contributed by atoms with Gasteiger partial charge in [0.1, 0.15) is 17.4 Å². The van der Waals surface area contributed by atoms with E-state index >= 15 is 0 Å². The minimum absolute atomic E-state index is 0.186. The monoisotopic (exact) mass is 599 g/mol. The fourth-order valence-electron chi connectivity index (χ4n) is 4.32. The van der Waals surface area contributed by atoms with E-state index in [1.54, 1.807) is 63.4 Å². The average Bonchev–Trinajstić information content (AvgIpc) is 3.43. The number of nitrogens with two attached hydrogens (primary N) is 1. The molecule has 0 bridgehead atoms. The molecule has 234 valence electrons. The molecule has 43 heavy (non-hydrogen) atoms. The van der Waals surface area contributed by atoms with Crippen molar-refractivity contribution >= 4 is 34.9 Å². The highest BCUT2D eigenvalue weighted by Gasteiger charge is 2.35. The van der Waals surface area contributed by atoms with Gasteiger partial charge in [0.15, 0.2) is 17.3 Å². The molecule has 2 aromatic heterocycles. The van der Waals surface area contributed by atoms with E-state index in [9.17, 15) is 14.4 Å². The molecule has 3 amide bonds. The first-order valence-corrected chi connectivity index (χ1v) is 13.9.